The van der Waals surface area contributed by atoms with Crippen molar-refractivity contribution in [1.82, 2.24) is 4.98 Å². The molecule has 2 aromatic heterocycles. The van der Waals surface area contributed by atoms with E-state index in [9.17, 15) is 15.3 Å². The van der Waals surface area contributed by atoms with Crippen LogP contribution in [0.15, 0.2) is 51.7 Å². The fourth-order valence-electron chi connectivity index (χ4n) is 3.51. The Kier molecular flexibility index (Phi) is 5.53. The van der Waals surface area contributed by atoms with Gasteiger partial charge in [0.05, 0.1) is 26.9 Å². The lowest BCUT2D eigenvalue weighted by Gasteiger charge is -2.21. The minimum Gasteiger partial charge on any atom is -0.422 e. The standard InChI is InChI=1S/C24H18N4O2S/c1-3-28(4-2)16-9-10-17-19(14-26)18(24(29)30-21(17)12-16)11-15(13-25)23-27-20-7-5-6-8-22(20)31-23/h5-12H,3-4H2,1-2H3/b15-11+. The number of rotatable bonds is 5. The van der Waals surface area contributed by atoms with Crippen LogP contribution >= 0.6 is 11.3 Å². The molecule has 0 bridgehead atoms. The van der Waals surface area contributed by atoms with E-state index in [4.69, 9.17) is 4.42 Å². The number of benzene rings is 2. The summed E-state index contributed by atoms with van der Waals surface area (Å²) in [7, 11) is 0. The number of para-hydroxylation sites is 1. The molecule has 31 heavy (non-hydrogen) atoms. The molecule has 6 nitrogen and oxygen atoms in total. The number of hydrogen-bond acceptors (Lipinski definition) is 7. The molecule has 0 aliphatic carbocycles. The summed E-state index contributed by atoms with van der Waals surface area (Å²) in [5.41, 5.74) is 1.84. The lowest BCUT2D eigenvalue weighted by atomic mass is 10.0. The van der Waals surface area contributed by atoms with Gasteiger partial charge in [-0.15, -0.1) is 11.3 Å². The summed E-state index contributed by atoms with van der Waals surface area (Å²) in [6.45, 7) is 5.71. The molecular weight excluding hydrogens is 408 g/mol. The summed E-state index contributed by atoms with van der Waals surface area (Å²) in [4.78, 5) is 19.4. The fourth-order valence-corrected chi connectivity index (χ4v) is 4.45. The van der Waals surface area contributed by atoms with Gasteiger partial charge in [-0.25, -0.2) is 9.78 Å². The van der Waals surface area contributed by atoms with Crippen LogP contribution in [0.25, 0.3) is 32.8 Å². The van der Waals surface area contributed by atoms with E-state index in [2.05, 4.69) is 22.0 Å². The largest absolute Gasteiger partial charge is 0.422 e. The zero-order valence-electron chi connectivity index (χ0n) is 17.0. The van der Waals surface area contributed by atoms with Crippen molar-refractivity contribution in [2.75, 3.05) is 18.0 Å². The van der Waals surface area contributed by atoms with Gasteiger partial charge in [0.25, 0.3) is 0 Å². The number of fused-ring (bicyclic) bond motifs is 2. The quantitative estimate of drug-likeness (QED) is 0.322. The molecule has 0 unspecified atom stereocenters. The number of thiazole rings is 1. The van der Waals surface area contributed by atoms with Gasteiger partial charge in [0, 0.05) is 30.2 Å². The first-order chi connectivity index (χ1) is 15.1. The fraction of sp³-hybridized carbons (Fsp3) is 0.167. The SMILES string of the molecule is CCN(CC)c1ccc2c(C#N)c(/C=C(\C#N)c3nc4ccccc4s3)c(=O)oc2c1. The van der Waals surface area contributed by atoms with Crippen molar-refractivity contribution in [3.05, 3.63) is 69.0 Å². The highest BCUT2D eigenvalue weighted by molar-refractivity contribution is 7.19. The Bertz CT molecular complexity index is 1430. The van der Waals surface area contributed by atoms with Crippen LogP contribution in [0.5, 0.6) is 0 Å². The lowest BCUT2D eigenvalue weighted by molar-refractivity contribution is 0.558. The van der Waals surface area contributed by atoms with Gasteiger partial charge in [-0.3, -0.25) is 0 Å². The molecule has 0 N–H and O–H groups in total. The van der Waals surface area contributed by atoms with E-state index in [0.29, 0.717) is 16.0 Å². The zero-order chi connectivity index (χ0) is 22.0. The summed E-state index contributed by atoms with van der Waals surface area (Å²) in [5, 5.41) is 20.6. The van der Waals surface area contributed by atoms with Crippen molar-refractivity contribution >= 4 is 49.9 Å². The number of anilines is 1. The van der Waals surface area contributed by atoms with E-state index in [-0.39, 0.29) is 16.7 Å². The van der Waals surface area contributed by atoms with Gasteiger partial charge in [0.1, 0.15) is 22.7 Å². The molecule has 0 saturated heterocycles. The predicted molar refractivity (Wildman–Crippen MR) is 124 cm³/mol. The van der Waals surface area contributed by atoms with Gasteiger partial charge < -0.3 is 9.32 Å². The molecule has 0 amide bonds. The Morgan fingerprint density at radius 2 is 1.97 bits per heavy atom. The first-order valence-electron chi connectivity index (χ1n) is 9.83. The second-order valence-electron chi connectivity index (χ2n) is 6.80. The van der Waals surface area contributed by atoms with Gasteiger partial charge in [-0.1, -0.05) is 12.1 Å². The number of nitrogens with zero attached hydrogens (tertiary/aromatic N) is 4. The Balaban J connectivity index is 1.89. The van der Waals surface area contributed by atoms with Crippen molar-refractivity contribution in [2.45, 2.75) is 13.8 Å². The highest BCUT2D eigenvalue weighted by atomic mass is 32.1. The maximum atomic E-state index is 12.8. The molecular formula is C24H18N4O2S. The third kappa shape index (κ3) is 3.68. The Hall–Kier alpha value is -3.94. The normalized spacial score (nSPS) is 11.4. The number of hydrogen-bond donors (Lipinski definition) is 0. The zero-order valence-corrected chi connectivity index (χ0v) is 17.9. The van der Waals surface area contributed by atoms with Crippen molar-refractivity contribution in [1.29, 1.82) is 10.5 Å². The van der Waals surface area contributed by atoms with E-state index in [0.717, 1.165) is 29.0 Å². The average Bonchev–Trinajstić information content (AvgIpc) is 3.22. The molecule has 2 heterocycles. The molecule has 0 atom stereocenters. The van der Waals surface area contributed by atoms with Crippen molar-refractivity contribution < 1.29 is 4.42 Å². The topological polar surface area (TPSA) is 93.9 Å². The second-order valence-corrected chi connectivity index (χ2v) is 7.83. The van der Waals surface area contributed by atoms with Gasteiger partial charge in [-0.2, -0.15) is 10.5 Å². The highest BCUT2D eigenvalue weighted by Gasteiger charge is 2.17. The second kappa shape index (κ2) is 8.43. The third-order valence-electron chi connectivity index (χ3n) is 5.10. The molecule has 152 valence electrons. The summed E-state index contributed by atoms with van der Waals surface area (Å²) < 4.78 is 6.49. The van der Waals surface area contributed by atoms with Gasteiger partial charge in [-0.05, 0) is 44.2 Å². The first-order valence-corrected chi connectivity index (χ1v) is 10.6. The van der Waals surface area contributed by atoms with E-state index in [1.54, 1.807) is 12.1 Å². The molecule has 2 aromatic carbocycles. The van der Waals surface area contributed by atoms with Crippen molar-refractivity contribution in [3.63, 3.8) is 0 Å². The number of aromatic nitrogens is 1. The summed E-state index contributed by atoms with van der Waals surface area (Å²) in [6.07, 6.45) is 1.40. The number of allylic oxidation sites excluding steroid dienone is 1. The molecule has 0 radical (unpaired) electrons. The predicted octanol–water partition coefficient (Wildman–Crippen LogP) is 5.18. The summed E-state index contributed by atoms with van der Waals surface area (Å²) in [6, 6.07) is 17.2. The Morgan fingerprint density at radius 3 is 2.65 bits per heavy atom. The van der Waals surface area contributed by atoms with Crippen LogP contribution in [-0.2, 0) is 0 Å². The molecule has 7 heteroatoms. The molecule has 4 rings (SSSR count). The molecule has 0 saturated carbocycles. The van der Waals surface area contributed by atoms with Crippen LogP contribution in [0.3, 0.4) is 0 Å². The van der Waals surface area contributed by atoms with Gasteiger partial charge in [0.2, 0.25) is 0 Å². The van der Waals surface area contributed by atoms with Crippen LogP contribution < -0.4 is 10.5 Å². The first kappa shape index (κ1) is 20.3. The van der Waals surface area contributed by atoms with Crippen molar-refractivity contribution in [2.24, 2.45) is 0 Å². The van der Waals surface area contributed by atoms with E-state index in [1.165, 1.54) is 17.4 Å². The minimum absolute atomic E-state index is 0.0568. The maximum Gasteiger partial charge on any atom is 0.344 e. The third-order valence-corrected chi connectivity index (χ3v) is 6.17. The molecule has 0 aliphatic rings. The van der Waals surface area contributed by atoms with Gasteiger partial charge >= 0.3 is 5.63 Å². The highest BCUT2D eigenvalue weighted by Crippen LogP contribution is 2.30. The van der Waals surface area contributed by atoms with Crippen LogP contribution in [0.4, 0.5) is 5.69 Å². The Morgan fingerprint density at radius 1 is 1.19 bits per heavy atom. The average molecular weight is 427 g/mol. The van der Waals surface area contributed by atoms with Crippen LogP contribution in [0.1, 0.15) is 30.0 Å². The summed E-state index contributed by atoms with van der Waals surface area (Å²) >= 11 is 1.36. The lowest BCUT2D eigenvalue weighted by Crippen LogP contribution is -2.21. The molecule has 0 aliphatic heterocycles. The van der Waals surface area contributed by atoms with E-state index in [1.807, 2.05) is 44.2 Å². The summed E-state index contributed by atoms with van der Waals surface area (Å²) in [5.74, 6) is 0. The van der Waals surface area contributed by atoms with E-state index < -0.39 is 5.63 Å². The van der Waals surface area contributed by atoms with Crippen LogP contribution in [0, 0.1) is 22.7 Å². The smallest absolute Gasteiger partial charge is 0.344 e. The number of nitriles is 2. The van der Waals surface area contributed by atoms with Gasteiger partial charge in [0.15, 0.2) is 0 Å². The van der Waals surface area contributed by atoms with E-state index >= 15 is 0 Å². The van der Waals surface area contributed by atoms with Crippen molar-refractivity contribution in [3.8, 4) is 12.1 Å². The molecule has 0 spiro atoms. The van der Waals surface area contributed by atoms with Crippen LogP contribution in [-0.4, -0.2) is 18.1 Å². The van der Waals surface area contributed by atoms with Crippen LogP contribution in [0.2, 0.25) is 0 Å². The monoisotopic (exact) mass is 426 g/mol. The minimum atomic E-state index is -0.658. The Labute approximate surface area is 182 Å². The molecule has 4 aromatic rings. The maximum absolute atomic E-state index is 12.8. The molecule has 0 fully saturated rings.